The van der Waals surface area contributed by atoms with Crippen molar-refractivity contribution in [3.8, 4) is 0 Å². The molecule has 1 aromatic heterocycles. The summed E-state index contributed by atoms with van der Waals surface area (Å²) >= 11 is 0. The van der Waals surface area contributed by atoms with E-state index in [1.807, 2.05) is 0 Å². The minimum absolute atomic E-state index is 0.0680. The third-order valence-corrected chi connectivity index (χ3v) is 5.54. The van der Waals surface area contributed by atoms with Gasteiger partial charge in [-0.1, -0.05) is 6.92 Å². The Morgan fingerprint density at radius 3 is 2.58 bits per heavy atom. The maximum Gasteiger partial charge on any atom is 0.343 e. The van der Waals surface area contributed by atoms with Crippen molar-refractivity contribution < 1.29 is 9.53 Å². The van der Waals surface area contributed by atoms with E-state index in [0.717, 1.165) is 23.9 Å². The van der Waals surface area contributed by atoms with Gasteiger partial charge in [0.1, 0.15) is 5.56 Å². The average molecular weight is 356 g/mol. The van der Waals surface area contributed by atoms with Gasteiger partial charge in [0, 0.05) is 24.8 Å². The van der Waals surface area contributed by atoms with Crippen molar-refractivity contribution in [3.63, 3.8) is 0 Å². The lowest BCUT2D eigenvalue weighted by Crippen LogP contribution is -2.48. The molecule has 3 rings (SSSR count). The Balaban J connectivity index is 2.28. The molecule has 0 radical (unpaired) electrons. The average Bonchev–Trinajstić information content (AvgIpc) is 2.57. The molecule has 2 heterocycles. The molecule has 0 saturated heterocycles. The summed E-state index contributed by atoms with van der Waals surface area (Å²) in [5, 5.41) is 0.900. The highest BCUT2D eigenvalue weighted by atomic mass is 16.5. The van der Waals surface area contributed by atoms with E-state index < -0.39 is 5.97 Å². The molecule has 2 aromatic rings. The van der Waals surface area contributed by atoms with E-state index in [2.05, 4.69) is 44.7 Å². The maximum absolute atomic E-state index is 12.7. The van der Waals surface area contributed by atoms with Crippen molar-refractivity contribution in [2.24, 2.45) is 7.05 Å². The number of anilines is 1. The van der Waals surface area contributed by atoms with Crippen molar-refractivity contribution in [3.05, 3.63) is 39.7 Å². The van der Waals surface area contributed by atoms with Crippen LogP contribution in [0.5, 0.6) is 0 Å². The van der Waals surface area contributed by atoms with E-state index in [1.165, 1.54) is 11.3 Å². The van der Waals surface area contributed by atoms with Crippen LogP contribution in [-0.2, 0) is 11.8 Å². The number of aromatic nitrogens is 1. The SMILES string of the molecule is CCOC(=O)c1cc2cc3c(cc2n(C)c1=O)N(CC)C(C)(C)CC3C. The number of esters is 1. The lowest BCUT2D eigenvalue weighted by molar-refractivity contribution is 0.0524. The molecule has 1 unspecified atom stereocenters. The molecule has 1 aromatic carbocycles. The van der Waals surface area contributed by atoms with Crippen LogP contribution in [0.2, 0.25) is 0 Å². The van der Waals surface area contributed by atoms with Crippen LogP contribution >= 0.6 is 0 Å². The van der Waals surface area contributed by atoms with E-state index in [0.29, 0.717) is 5.92 Å². The molecule has 0 bridgehead atoms. The van der Waals surface area contributed by atoms with Gasteiger partial charge in [-0.3, -0.25) is 4.79 Å². The van der Waals surface area contributed by atoms with Crippen molar-refractivity contribution in [1.29, 1.82) is 0 Å². The van der Waals surface area contributed by atoms with Gasteiger partial charge in [0.05, 0.1) is 12.1 Å². The first kappa shape index (κ1) is 18.5. The number of carbonyl (C=O) groups is 1. The number of hydrogen-bond donors (Lipinski definition) is 0. The van der Waals surface area contributed by atoms with Gasteiger partial charge in [-0.15, -0.1) is 0 Å². The number of fused-ring (bicyclic) bond motifs is 2. The van der Waals surface area contributed by atoms with Gasteiger partial charge in [0.15, 0.2) is 0 Å². The summed E-state index contributed by atoms with van der Waals surface area (Å²) in [7, 11) is 1.72. The van der Waals surface area contributed by atoms with Crippen molar-refractivity contribution in [2.45, 2.75) is 52.5 Å². The predicted molar refractivity (Wildman–Crippen MR) is 105 cm³/mol. The van der Waals surface area contributed by atoms with Crippen molar-refractivity contribution >= 4 is 22.6 Å². The zero-order valence-corrected chi connectivity index (χ0v) is 16.5. The van der Waals surface area contributed by atoms with E-state index in [1.54, 1.807) is 24.6 Å². The summed E-state index contributed by atoms with van der Waals surface area (Å²) in [6, 6.07) is 5.91. The van der Waals surface area contributed by atoms with Gasteiger partial charge >= 0.3 is 5.97 Å². The molecule has 0 spiro atoms. The summed E-state index contributed by atoms with van der Waals surface area (Å²) in [5.74, 6) is -0.146. The molecule has 5 nitrogen and oxygen atoms in total. The minimum Gasteiger partial charge on any atom is -0.462 e. The zero-order chi connectivity index (χ0) is 19.2. The lowest BCUT2D eigenvalue weighted by atomic mass is 9.79. The molecule has 5 heteroatoms. The highest BCUT2D eigenvalue weighted by Crippen LogP contribution is 2.44. The highest BCUT2D eigenvalue weighted by Gasteiger charge is 2.35. The third kappa shape index (κ3) is 2.79. The number of rotatable bonds is 3. The number of carbonyl (C=O) groups excluding carboxylic acids is 1. The molecule has 26 heavy (non-hydrogen) atoms. The summed E-state index contributed by atoms with van der Waals surface area (Å²) in [6.07, 6.45) is 1.07. The highest BCUT2D eigenvalue weighted by molar-refractivity contribution is 5.95. The van der Waals surface area contributed by atoms with E-state index in [4.69, 9.17) is 4.74 Å². The maximum atomic E-state index is 12.7. The van der Waals surface area contributed by atoms with Crippen LogP contribution in [0, 0.1) is 0 Å². The van der Waals surface area contributed by atoms with Crippen molar-refractivity contribution in [2.75, 3.05) is 18.1 Å². The summed E-state index contributed by atoms with van der Waals surface area (Å²) in [6.45, 7) is 11.8. The van der Waals surface area contributed by atoms with Crippen LogP contribution in [0.4, 0.5) is 5.69 Å². The Bertz CT molecular complexity index is 927. The van der Waals surface area contributed by atoms with Gasteiger partial charge in [0.25, 0.3) is 5.56 Å². The molecule has 1 aliphatic heterocycles. The molecule has 1 atom stereocenters. The summed E-state index contributed by atoms with van der Waals surface area (Å²) in [5.41, 5.74) is 3.14. The first-order chi connectivity index (χ1) is 12.2. The Kier molecular flexibility index (Phi) is 4.59. The van der Waals surface area contributed by atoms with Gasteiger partial charge in [0.2, 0.25) is 0 Å². The smallest absolute Gasteiger partial charge is 0.343 e. The number of ether oxygens (including phenoxy) is 1. The lowest BCUT2D eigenvalue weighted by Gasteiger charge is -2.47. The van der Waals surface area contributed by atoms with Gasteiger partial charge in [-0.25, -0.2) is 4.79 Å². The number of nitrogens with zero attached hydrogens (tertiary/aromatic N) is 2. The Morgan fingerprint density at radius 2 is 1.96 bits per heavy atom. The van der Waals surface area contributed by atoms with Gasteiger partial charge in [-0.05, 0) is 69.2 Å². The van der Waals surface area contributed by atoms with Gasteiger partial charge in [-0.2, -0.15) is 0 Å². The van der Waals surface area contributed by atoms with E-state index >= 15 is 0 Å². The first-order valence-electron chi connectivity index (χ1n) is 9.33. The quantitative estimate of drug-likeness (QED) is 0.785. The summed E-state index contributed by atoms with van der Waals surface area (Å²) in [4.78, 5) is 27.2. The first-order valence-corrected chi connectivity index (χ1v) is 9.33. The molecule has 0 fully saturated rings. The van der Waals surface area contributed by atoms with Gasteiger partial charge < -0.3 is 14.2 Å². The fourth-order valence-corrected chi connectivity index (χ4v) is 4.40. The topological polar surface area (TPSA) is 51.5 Å². The third-order valence-electron chi connectivity index (χ3n) is 5.54. The fraction of sp³-hybridized carbons (Fsp3) is 0.524. The Labute approximate surface area is 154 Å². The van der Waals surface area contributed by atoms with Crippen LogP contribution in [0.1, 0.15) is 62.9 Å². The predicted octanol–water partition coefficient (Wildman–Crippen LogP) is 3.83. The largest absolute Gasteiger partial charge is 0.462 e. The number of hydrogen-bond acceptors (Lipinski definition) is 4. The monoisotopic (exact) mass is 356 g/mol. The van der Waals surface area contributed by atoms with E-state index in [-0.39, 0.29) is 23.3 Å². The van der Waals surface area contributed by atoms with Crippen LogP contribution in [0.15, 0.2) is 23.0 Å². The van der Waals surface area contributed by atoms with Crippen molar-refractivity contribution in [1.82, 2.24) is 4.57 Å². The fourth-order valence-electron chi connectivity index (χ4n) is 4.40. The Morgan fingerprint density at radius 1 is 1.27 bits per heavy atom. The second-order valence-electron chi connectivity index (χ2n) is 7.77. The molecular weight excluding hydrogens is 328 g/mol. The van der Waals surface area contributed by atoms with Crippen LogP contribution in [-0.4, -0.2) is 29.2 Å². The zero-order valence-electron chi connectivity index (χ0n) is 16.5. The summed E-state index contributed by atoms with van der Waals surface area (Å²) < 4.78 is 6.61. The Hall–Kier alpha value is -2.30. The molecule has 0 aliphatic carbocycles. The van der Waals surface area contributed by atoms with E-state index in [9.17, 15) is 9.59 Å². The normalized spacial score (nSPS) is 18.7. The number of pyridine rings is 1. The van der Waals surface area contributed by atoms with Crippen LogP contribution in [0.25, 0.3) is 10.9 Å². The molecule has 1 aliphatic rings. The second kappa shape index (κ2) is 6.45. The second-order valence-corrected chi connectivity index (χ2v) is 7.77. The number of aryl methyl sites for hydroxylation is 1. The molecule has 0 saturated carbocycles. The number of benzene rings is 1. The standard InChI is InChI=1S/C21H28N2O3/c1-7-23-18-11-17-14(9-15(18)13(3)12-21(23,4)5)10-16(19(24)22(17)6)20(25)26-8-2/h9-11,13H,7-8,12H2,1-6H3. The molecular formula is C21H28N2O3. The van der Waals surface area contributed by atoms with Crippen LogP contribution in [0.3, 0.4) is 0 Å². The molecule has 0 N–H and O–H groups in total. The minimum atomic E-state index is -0.558. The van der Waals surface area contributed by atoms with Crippen LogP contribution < -0.4 is 10.5 Å². The molecule has 0 amide bonds. The molecule has 140 valence electrons.